The maximum absolute atomic E-state index is 13.8. The zero-order valence-corrected chi connectivity index (χ0v) is 26.2. The number of carbonyl (C=O) groups excluding carboxylic acids is 3. The molecule has 0 saturated heterocycles. The molecule has 3 heterocycles. The topological polar surface area (TPSA) is 97.8 Å². The fraction of sp³-hybridized carbons (Fsp3) is 0.371. The minimum absolute atomic E-state index is 0.234. The van der Waals surface area contributed by atoms with Crippen molar-refractivity contribution < 1.29 is 23.9 Å². The highest BCUT2D eigenvalue weighted by Gasteiger charge is 2.33. The summed E-state index contributed by atoms with van der Waals surface area (Å²) in [6.07, 6.45) is 2.38. The standard InChI is InChI=1S/C35H37N3O5S/c1-4-28(43-35(41)30-23-13-9-10-14-26(23)36-27-17-18-38(3)20-25(27)30)32(39)37-33-31(34(40)42-5-2)24-16-15-22(19-29(24)44-33)21-11-7-6-8-12-21/h6-14,22,28H,4-5,15-20H2,1-3H3,(H,37,39). The van der Waals surface area contributed by atoms with Crippen molar-refractivity contribution in [2.45, 2.75) is 64.5 Å². The monoisotopic (exact) mass is 611 g/mol. The van der Waals surface area contributed by atoms with Crippen LogP contribution in [0.3, 0.4) is 0 Å². The van der Waals surface area contributed by atoms with E-state index in [1.54, 1.807) is 6.92 Å². The van der Waals surface area contributed by atoms with Crippen molar-refractivity contribution >= 4 is 45.1 Å². The number of nitrogens with one attached hydrogen (secondary N) is 1. The lowest BCUT2D eigenvalue weighted by atomic mass is 9.83. The summed E-state index contributed by atoms with van der Waals surface area (Å²) in [6.45, 7) is 5.24. The maximum Gasteiger partial charge on any atom is 0.341 e. The third kappa shape index (κ3) is 5.86. The molecule has 2 unspecified atom stereocenters. The van der Waals surface area contributed by atoms with Gasteiger partial charge in [-0.3, -0.25) is 9.78 Å². The van der Waals surface area contributed by atoms with Crippen LogP contribution in [0.15, 0.2) is 54.6 Å². The summed E-state index contributed by atoms with van der Waals surface area (Å²) in [7, 11) is 2.01. The summed E-state index contributed by atoms with van der Waals surface area (Å²) in [5.74, 6) is -1.11. The van der Waals surface area contributed by atoms with E-state index in [9.17, 15) is 14.4 Å². The molecular weight excluding hydrogens is 574 g/mol. The average molecular weight is 612 g/mol. The molecular formula is C35H37N3O5S. The third-order valence-corrected chi connectivity index (χ3v) is 9.78. The number of amides is 1. The molecule has 6 rings (SSSR count). The second-order valence-electron chi connectivity index (χ2n) is 11.5. The van der Waals surface area contributed by atoms with E-state index >= 15 is 0 Å². The molecule has 0 saturated carbocycles. The summed E-state index contributed by atoms with van der Waals surface area (Å²) < 4.78 is 11.4. The first-order valence-electron chi connectivity index (χ1n) is 15.3. The van der Waals surface area contributed by atoms with Crippen molar-refractivity contribution in [1.29, 1.82) is 0 Å². The van der Waals surface area contributed by atoms with Crippen LogP contribution in [0.2, 0.25) is 0 Å². The highest BCUT2D eigenvalue weighted by molar-refractivity contribution is 7.17. The average Bonchev–Trinajstić information content (AvgIpc) is 3.39. The predicted molar refractivity (Wildman–Crippen MR) is 171 cm³/mol. The van der Waals surface area contributed by atoms with Gasteiger partial charge in [-0.05, 0) is 62.8 Å². The molecule has 2 aromatic carbocycles. The summed E-state index contributed by atoms with van der Waals surface area (Å²) >= 11 is 1.42. The largest absolute Gasteiger partial charge is 0.462 e. The van der Waals surface area contributed by atoms with Crippen LogP contribution in [0.25, 0.3) is 10.9 Å². The van der Waals surface area contributed by atoms with Crippen LogP contribution in [-0.4, -0.2) is 54.0 Å². The van der Waals surface area contributed by atoms with E-state index in [2.05, 4.69) is 22.3 Å². The Balaban J connectivity index is 1.27. The number of ether oxygens (including phenoxy) is 2. The quantitative estimate of drug-likeness (QED) is 0.233. The fourth-order valence-electron chi connectivity index (χ4n) is 6.36. The Kier molecular flexibility index (Phi) is 8.77. The summed E-state index contributed by atoms with van der Waals surface area (Å²) in [4.78, 5) is 48.7. The number of hydrogen-bond donors (Lipinski definition) is 1. The zero-order valence-electron chi connectivity index (χ0n) is 25.4. The molecule has 8 nitrogen and oxygen atoms in total. The van der Waals surface area contributed by atoms with Crippen molar-refractivity contribution in [3.05, 3.63) is 93.0 Å². The summed E-state index contributed by atoms with van der Waals surface area (Å²) in [5.41, 5.74) is 5.57. The molecule has 1 aliphatic carbocycles. The molecule has 4 aromatic rings. The van der Waals surface area contributed by atoms with E-state index in [0.29, 0.717) is 34.0 Å². The molecule has 9 heteroatoms. The number of nitrogens with zero attached hydrogens (tertiary/aromatic N) is 2. The van der Waals surface area contributed by atoms with Crippen molar-refractivity contribution in [3.63, 3.8) is 0 Å². The van der Waals surface area contributed by atoms with E-state index in [-0.39, 0.29) is 13.0 Å². The zero-order chi connectivity index (χ0) is 30.8. The molecule has 228 valence electrons. The van der Waals surface area contributed by atoms with Crippen molar-refractivity contribution in [1.82, 2.24) is 9.88 Å². The maximum atomic E-state index is 13.8. The van der Waals surface area contributed by atoms with E-state index in [4.69, 9.17) is 14.5 Å². The Morgan fingerprint density at radius 2 is 1.77 bits per heavy atom. The summed E-state index contributed by atoms with van der Waals surface area (Å²) in [6, 6.07) is 17.9. The van der Waals surface area contributed by atoms with Gasteiger partial charge in [-0.15, -0.1) is 11.3 Å². The number of benzene rings is 2. The Morgan fingerprint density at radius 1 is 1.00 bits per heavy atom. The van der Waals surface area contributed by atoms with E-state index in [1.165, 1.54) is 16.9 Å². The lowest BCUT2D eigenvalue weighted by Gasteiger charge is -2.27. The first-order valence-corrected chi connectivity index (χ1v) is 16.2. The number of pyridine rings is 1. The minimum Gasteiger partial charge on any atom is -0.462 e. The predicted octanol–water partition coefficient (Wildman–Crippen LogP) is 6.31. The lowest BCUT2D eigenvalue weighted by Crippen LogP contribution is -2.34. The number of rotatable bonds is 8. The van der Waals surface area contributed by atoms with Crippen molar-refractivity contribution in [2.75, 3.05) is 25.5 Å². The van der Waals surface area contributed by atoms with Gasteiger partial charge >= 0.3 is 11.9 Å². The molecule has 44 heavy (non-hydrogen) atoms. The van der Waals surface area contributed by atoms with Gasteiger partial charge in [-0.2, -0.15) is 0 Å². The number of likely N-dealkylation sites (N-methyl/N-ethyl adjacent to an activating group) is 1. The van der Waals surface area contributed by atoms with Crippen LogP contribution in [-0.2, 0) is 40.1 Å². The number of hydrogen-bond acceptors (Lipinski definition) is 8. The molecule has 0 radical (unpaired) electrons. The van der Waals surface area contributed by atoms with Gasteiger partial charge in [0, 0.05) is 41.0 Å². The number of thiophene rings is 1. The molecule has 2 aromatic heterocycles. The van der Waals surface area contributed by atoms with E-state index in [0.717, 1.165) is 59.4 Å². The van der Waals surface area contributed by atoms with Crippen LogP contribution in [0, 0.1) is 0 Å². The highest BCUT2D eigenvalue weighted by Crippen LogP contribution is 2.43. The molecule has 2 aliphatic rings. The van der Waals surface area contributed by atoms with Crippen LogP contribution >= 0.6 is 11.3 Å². The van der Waals surface area contributed by atoms with Crippen molar-refractivity contribution in [2.24, 2.45) is 0 Å². The molecule has 2 atom stereocenters. The van der Waals surface area contributed by atoms with Crippen LogP contribution in [0.4, 0.5) is 5.00 Å². The SMILES string of the molecule is CCOC(=O)c1c(NC(=O)C(CC)OC(=O)c2c3c(nc4ccccc24)CCN(C)C3)sc2c1CCC(c1ccccc1)C2. The van der Waals surface area contributed by atoms with Gasteiger partial charge in [0.1, 0.15) is 5.00 Å². The first kappa shape index (κ1) is 30.0. The van der Waals surface area contributed by atoms with Gasteiger partial charge in [-0.1, -0.05) is 55.5 Å². The van der Waals surface area contributed by atoms with Crippen molar-refractivity contribution in [3.8, 4) is 0 Å². The normalized spacial score (nSPS) is 16.9. The van der Waals surface area contributed by atoms with Gasteiger partial charge in [0.15, 0.2) is 6.10 Å². The fourth-order valence-corrected chi connectivity index (χ4v) is 7.68. The lowest BCUT2D eigenvalue weighted by molar-refractivity contribution is -0.124. The smallest absolute Gasteiger partial charge is 0.341 e. The number of anilines is 1. The number of carbonyl (C=O) groups is 3. The molecule has 0 spiro atoms. The van der Waals surface area contributed by atoms with Crippen LogP contribution < -0.4 is 5.32 Å². The Morgan fingerprint density at radius 3 is 2.55 bits per heavy atom. The molecule has 0 fully saturated rings. The molecule has 1 N–H and O–H groups in total. The van der Waals surface area contributed by atoms with Crippen LogP contribution in [0.5, 0.6) is 0 Å². The Hall–Kier alpha value is -4.08. The van der Waals surface area contributed by atoms with Crippen LogP contribution in [0.1, 0.15) is 80.6 Å². The van der Waals surface area contributed by atoms with E-state index < -0.39 is 23.9 Å². The second kappa shape index (κ2) is 12.9. The van der Waals surface area contributed by atoms with E-state index in [1.807, 2.05) is 56.4 Å². The number of para-hydroxylation sites is 1. The Labute approximate surface area is 261 Å². The molecule has 1 amide bonds. The van der Waals surface area contributed by atoms with Gasteiger partial charge < -0.3 is 19.7 Å². The summed E-state index contributed by atoms with van der Waals surface area (Å²) in [5, 5.41) is 4.12. The highest BCUT2D eigenvalue weighted by atomic mass is 32.1. The number of aromatic nitrogens is 1. The molecule has 1 aliphatic heterocycles. The van der Waals surface area contributed by atoms with Gasteiger partial charge in [0.05, 0.1) is 23.3 Å². The third-order valence-electron chi connectivity index (χ3n) is 8.61. The van der Waals surface area contributed by atoms with Gasteiger partial charge in [0.25, 0.3) is 5.91 Å². The molecule has 0 bridgehead atoms. The minimum atomic E-state index is -1.04. The number of fused-ring (bicyclic) bond motifs is 3. The Bertz CT molecular complexity index is 1720. The number of esters is 2. The first-order chi connectivity index (χ1) is 21.4. The van der Waals surface area contributed by atoms with Gasteiger partial charge in [0.2, 0.25) is 0 Å². The van der Waals surface area contributed by atoms with Gasteiger partial charge in [-0.25, -0.2) is 9.59 Å². The second-order valence-corrected chi connectivity index (χ2v) is 12.6.